The van der Waals surface area contributed by atoms with Crippen molar-refractivity contribution in [2.45, 2.75) is 13.5 Å². The first-order chi connectivity index (χ1) is 13.0. The largest absolute Gasteiger partial charge is 0.507 e. The molecule has 1 N–H and O–H groups in total. The summed E-state index contributed by atoms with van der Waals surface area (Å²) in [5.74, 6) is 0.701. The fourth-order valence-electron chi connectivity index (χ4n) is 3.43. The second kappa shape index (κ2) is 7.35. The van der Waals surface area contributed by atoms with Gasteiger partial charge in [-0.05, 0) is 42.3 Å². The van der Waals surface area contributed by atoms with Gasteiger partial charge in [0.2, 0.25) is 5.78 Å². The number of aromatic hydroxyl groups is 1. The Kier molecular flexibility index (Phi) is 4.91. The first-order valence-corrected chi connectivity index (χ1v) is 9.26. The molecule has 0 unspecified atom stereocenters. The first-order valence-electron chi connectivity index (χ1n) is 8.88. The summed E-state index contributed by atoms with van der Waals surface area (Å²) in [6.45, 7) is 5.21. The van der Waals surface area contributed by atoms with Gasteiger partial charge < -0.3 is 14.6 Å². The molecule has 2 aromatic carbocycles. The Labute approximate surface area is 162 Å². The number of hydrogen-bond donors (Lipinski definition) is 1. The highest BCUT2D eigenvalue weighted by Gasteiger charge is 2.33. The number of carbonyl (C=O) groups excluding carboxylic acids is 1. The molecule has 0 amide bonds. The molecule has 0 atom stereocenters. The standard InChI is InChI=1S/C21H20ClNO4/c1-13-10-17(24)16(12-23-6-8-26-9-7-23)21-19(13)20(25)18(27-21)11-14-2-4-15(22)5-3-14/h2-5,10-11,24H,6-9,12H2,1H3/b18-11-. The van der Waals surface area contributed by atoms with Crippen molar-refractivity contribution >= 4 is 23.5 Å². The number of fused-ring (bicyclic) bond motifs is 1. The van der Waals surface area contributed by atoms with Crippen molar-refractivity contribution in [2.75, 3.05) is 26.3 Å². The van der Waals surface area contributed by atoms with E-state index in [0.29, 0.717) is 47.2 Å². The van der Waals surface area contributed by atoms with E-state index in [1.165, 1.54) is 0 Å². The molecule has 0 aliphatic carbocycles. The fourth-order valence-corrected chi connectivity index (χ4v) is 3.55. The molecule has 0 bridgehead atoms. The molecule has 2 aliphatic rings. The smallest absolute Gasteiger partial charge is 0.232 e. The molecule has 1 fully saturated rings. The van der Waals surface area contributed by atoms with Crippen LogP contribution in [-0.2, 0) is 11.3 Å². The highest BCUT2D eigenvalue weighted by atomic mass is 35.5. The Bertz CT molecular complexity index is 915. The zero-order valence-corrected chi connectivity index (χ0v) is 15.8. The number of phenolic OH excluding ortho intramolecular Hbond substituents is 1. The minimum absolute atomic E-state index is 0.151. The van der Waals surface area contributed by atoms with Crippen LogP contribution in [0.4, 0.5) is 0 Å². The first kappa shape index (κ1) is 18.0. The predicted octanol–water partition coefficient (Wildman–Crippen LogP) is 3.80. The third-order valence-electron chi connectivity index (χ3n) is 4.87. The summed E-state index contributed by atoms with van der Waals surface area (Å²) in [7, 11) is 0. The van der Waals surface area contributed by atoms with Crippen LogP contribution in [0.1, 0.15) is 27.0 Å². The van der Waals surface area contributed by atoms with Gasteiger partial charge in [-0.25, -0.2) is 0 Å². The van der Waals surface area contributed by atoms with E-state index in [-0.39, 0.29) is 17.3 Å². The maximum absolute atomic E-state index is 12.9. The second-order valence-corrected chi connectivity index (χ2v) is 7.21. The molecule has 0 aromatic heterocycles. The maximum atomic E-state index is 12.9. The normalized spacial score (nSPS) is 18.6. The molecular weight excluding hydrogens is 366 g/mol. The lowest BCUT2D eigenvalue weighted by Gasteiger charge is -2.27. The van der Waals surface area contributed by atoms with Crippen molar-refractivity contribution in [3.05, 3.63) is 63.4 Å². The molecule has 0 spiro atoms. The highest BCUT2D eigenvalue weighted by molar-refractivity contribution is 6.30. The summed E-state index contributed by atoms with van der Waals surface area (Å²) >= 11 is 5.92. The van der Waals surface area contributed by atoms with Crippen LogP contribution >= 0.6 is 11.6 Å². The van der Waals surface area contributed by atoms with Crippen LogP contribution in [0.15, 0.2) is 36.1 Å². The number of Topliss-reactive ketones (excluding diaryl/α,β-unsaturated/α-hetero) is 1. The SMILES string of the molecule is Cc1cc(O)c(CN2CCOCC2)c2c1C(=O)/C(=C/c1ccc(Cl)cc1)O2. The monoisotopic (exact) mass is 385 g/mol. The van der Waals surface area contributed by atoms with Crippen molar-refractivity contribution < 1.29 is 19.4 Å². The van der Waals surface area contributed by atoms with Gasteiger partial charge in [-0.2, -0.15) is 0 Å². The summed E-state index contributed by atoms with van der Waals surface area (Å²) in [4.78, 5) is 15.1. The number of ether oxygens (including phenoxy) is 2. The summed E-state index contributed by atoms with van der Waals surface area (Å²) in [5, 5.41) is 11.1. The van der Waals surface area contributed by atoms with Crippen LogP contribution in [0, 0.1) is 6.92 Å². The van der Waals surface area contributed by atoms with Crippen LogP contribution in [0.25, 0.3) is 6.08 Å². The number of benzene rings is 2. The topological polar surface area (TPSA) is 59.0 Å². The Morgan fingerprint density at radius 2 is 1.93 bits per heavy atom. The van der Waals surface area contributed by atoms with Crippen LogP contribution in [0.3, 0.4) is 0 Å². The summed E-state index contributed by atoms with van der Waals surface area (Å²) < 4.78 is 11.3. The van der Waals surface area contributed by atoms with Gasteiger partial charge in [0.1, 0.15) is 11.5 Å². The van der Waals surface area contributed by atoms with Crippen LogP contribution in [-0.4, -0.2) is 42.1 Å². The summed E-state index contributed by atoms with van der Waals surface area (Å²) in [6.07, 6.45) is 1.70. The van der Waals surface area contributed by atoms with Crippen molar-refractivity contribution in [3.63, 3.8) is 0 Å². The number of allylic oxidation sites excluding steroid dienone is 1. The fraction of sp³-hybridized carbons (Fsp3) is 0.286. The average molecular weight is 386 g/mol. The average Bonchev–Trinajstić information content (AvgIpc) is 2.98. The maximum Gasteiger partial charge on any atom is 0.232 e. The van der Waals surface area contributed by atoms with Crippen LogP contribution in [0.5, 0.6) is 11.5 Å². The van der Waals surface area contributed by atoms with Gasteiger partial charge in [-0.1, -0.05) is 23.7 Å². The zero-order valence-electron chi connectivity index (χ0n) is 15.0. The third-order valence-corrected chi connectivity index (χ3v) is 5.13. The third kappa shape index (κ3) is 3.58. The van der Waals surface area contributed by atoms with Gasteiger partial charge in [-0.15, -0.1) is 0 Å². The van der Waals surface area contributed by atoms with E-state index in [4.69, 9.17) is 21.1 Å². The molecule has 27 heavy (non-hydrogen) atoms. The zero-order chi connectivity index (χ0) is 19.0. The van der Waals surface area contributed by atoms with E-state index in [0.717, 1.165) is 18.7 Å². The Hall–Kier alpha value is -2.34. The van der Waals surface area contributed by atoms with E-state index < -0.39 is 0 Å². The number of rotatable bonds is 3. The van der Waals surface area contributed by atoms with E-state index in [1.54, 1.807) is 24.3 Å². The number of aryl methyl sites for hydroxylation is 1. The predicted molar refractivity (Wildman–Crippen MR) is 103 cm³/mol. The van der Waals surface area contributed by atoms with Crippen molar-refractivity contribution in [1.82, 2.24) is 4.90 Å². The lowest BCUT2D eigenvalue weighted by atomic mass is 9.99. The highest BCUT2D eigenvalue weighted by Crippen LogP contribution is 2.42. The quantitative estimate of drug-likeness (QED) is 0.814. The number of carbonyl (C=O) groups is 1. The molecule has 1 saturated heterocycles. The van der Waals surface area contributed by atoms with Gasteiger partial charge >= 0.3 is 0 Å². The number of ketones is 1. The molecule has 5 nitrogen and oxygen atoms in total. The molecule has 2 aliphatic heterocycles. The lowest BCUT2D eigenvalue weighted by Crippen LogP contribution is -2.35. The molecule has 0 radical (unpaired) electrons. The van der Waals surface area contributed by atoms with E-state index >= 15 is 0 Å². The van der Waals surface area contributed by atoms with Gasteiger partial charge in [0.25, 0.3) is 0 Å². The van der Waals surface area contributed by atoms with E-state index in [2.05, 4.69) is 4.90 Å². The van der Waals surface area contributed by atoms with E-state index in [9.17, 15) is 9.90 Å². The van der Waals surface area contributed by atoms with Gasteiger partial charge in [-0.3, -0.25) is 9.69 Å². The van der Waals surface area contributed by atoms with Crippen molar-refractivity contribution in [1.29, 1.82) is 0 Å². The number of hydrogen-bond acceptors (Lipinski definition) is 5. The lowest BCUT2D eigenvalue weighted by molar-refractivity contribution is 0.0336. The molecule has 2 aromatic rings. The minimum Gasteiger partial charge on any atom is -0.507 e. The molecule has 140 valence electrons. The molecule has 6 heteroatoms. The number of nitrogens with zero attached hydrogens (tertiary/aromatic N) is 1. The van der Waals surface area contributed by atoms with Gasteiger partial charge in [0.15, 0.2) is 5.76 Å². The van der Waals surface area contributed by atoms with Crippen molar-refractivity contribution in [3.8, 4) is 11.5 Å². The Morgan fingerprint density at radius 1 is 1.22 bits per heavy atom. The minimum atomic E-state index is -0.166. The molecule has 4 rings (SSSR count). The molecule has 0 saturated carbocycles. The van der Waals surface area contributed by atoms with Gasteiger partial charge in [0, 0.05) is 24.7 Å². The molecular formula is C21H20ClNO4. The van der Waals surface area contributed by atoms with Crippen LogP contribution < -0.4 is 4.74 Å². The summed E-state index contributed by atoms with van der Waals surface area (Å²) in [6, 6.07) is 8.83. The van der Waals surface area contributed by atoms with E-state index in [1.807, 2.05) is 19.1 Å². The van der Waals surface area contributed by atoms with Crippen LogP contribution in [0.2, 0.25) is 5.02 Å². The van der Waals surface area contributed by atoms with Crippen molar-refractivity contribution in [2.24, 2.45) is 0 Å². The Balaban J connectivity index is 1.69. The number of phenols is 1. The number of halogens is 1. The Morgan fingerprint density at radius 3 is 2.63 bits per heavy atom. The molecule has 2 heterocycles. The van der Waals surface area contributed by atoms with Gasteiger partial charge in [0.05, 0.1) is 24.3 Å². The summed E-state index contributed by atoms with van der Waals surface area (Å²) in [5.41, 5.74) is 2.70. The second-order valence-electron chi connectivity index (χ2n) is 6.78. The number of morpholine rings is 1.